The van der Waals surface area contributed by atoms with Crippen molar-refractivity contribution in [1.29, 1.82) is 0 Å². The lowest BCUT2D eigenvalue weighted by atomic mass is 9.31. The summed E-state index contributed by atoms with van der Waals surface area (Å²) in [6, 6.07) is 0. The first-order chi connectivity index (χ1) is 25.7. The van der Waals surface area contributed by atoms with Crippen LogP contribution in [0.2, 0.25) is 0 Å². The molecule has 7 fully saturated rings. The van der Waals surface area contributed by atoms with E-state index in [0.29, 0.717) is 23.7 Å². The average Bonchev–Trinajstić information content (AvgIpc) is 3.41. The van der Waals surface area contributed by atoms with Crippen LogP contribution in [0.4, 0.5) is 0 Å². The van der Waals surface area contributed by atoms with Crippen LogP contribution in [-0.4, -0.2) is 129 Å². The highest BCUT2D eigenvalue weighted by Gasteiger charge is 2.78. The summed E-state index contributed by atoms with van der Waals surface area (Å²) in [5.41, 5.74) is -0.643. The van der Waals surface area contributed by atoms with E-state index in [4.69, 9.17) is 23.7 Å². The smallest absolute Gasteiger partial charge is 0.187 e. The van der Waals surface area contributed by atoms with Crippen molar-refractivity contribution in [3.8, 4) is 0 Å². The zero-order valence-corrected chi connectivity index (χ0v) is 34.3. The molecule has 0 aromatic rings. The minimum absolute atomic E-state index is 0.0212. The van der Waals surface area contributed by atoms with E-state index < -0.39 is 79.5 Å². The quantitative estimate of drug-likeness (QED) is 0.155. The Bertz CT molecular complexity index is 1490. The fourth-order valence-electron chi connectivity index (χ4n) is 14.8. The van der Waals surface area contributed by atoms with E-state index in [9.17, 15) is 35.7 Å². The van der Waals surface area contributed by atoms with Crippen molar-refractivity contribution >= 4 is 0 Å². The topological polar surface area (TPSA) is 188 Å². The molecule has 0 amide bonds. The van der Waals surface area contributed by atoms with Crippen molar-refractivity contribution in [2.24, 2.45) is 56.2 Å². The Hall–Kier alpha value is -0.740. The van der Waals surface area contributed by atoms with Crippen LogP contribution in [0.25, 0.3) is 0 Å². The number of fused-ring (bicyclic) bond motifs is 4. The minimum atomic E-state index is -1.71. The SMILES string of the molecule is C[C@@H]1C[C@]2(C)[C@@]3(C=C[C@@H]4[C@@]5(C)CC[C@H](O[C@@H]6O[C@H](C)[C@H](O)[C@H](O[C@@H]7OC(CO)[C@@H](O)[C@@H](O)C7O)[C@H]6O)[C@@](C)(CO)[C@@H]5CC[C@]42C)OC[C@@]12CCC(C)(C)C[C@H]23. The van der Waals surface area contributed by atoms with Gasteiger partial charge in [0.1, 0.15) is 42.7 Å². The highest BCUT2D eigenvalue weighted by molar-refractivity contribution is 5.35. The molecule has 2 bridgehead atoms. The van der Waals surface area contributed by atoms with Gasteiger partial charge in [0, 0.05) is 22.2 Å². The van der Waals surface area contributed by atoms with Crippen LogP contribution in [0.5, 0.6) is 0 Å². The average molecular weight is 779 g/mol. The van der Waals surface area contributed by atoms with Crippen LogP contribution in [0.1, 0.15) is 107 Å². The summed E-state index contributed by atoms with van der Waals surface area (Å²) >= 11 is 0. The molecule has 7 N–H and O–H groups in total. The van der Waals surface area contributed by atoms with Gasteiger partial charge in [-0.05, 0) is 92.3 Å². The van der Waals surface area contributed by atoms with Gasteiger partial charge in [-0.1, -0.05) is 60.6 Å². The molecule has 0 aromatic heterocycles. The van der Waals surface area contributed by atoms with Crippen molar-refractivity contribution in [2.45, 2.75) is 180 Å². The fourth-order valence-corrected chi connectivity index (χ4v) is 14.8. The third-order valence-corrected chi connectivity index (χ3v) is 18.4. The number of hydrogen-bond acceptors (Lipinski definition) is 12. The van der Waals surface area contributed by atoms with Crippen molar-refractivity contribution < 1.29 is 59.4 Å². The van der Waals surface area contributed by atoms with Gasteiger partial charge >= 0.3 is 0 Å². The molecule has 55 heavy (non-hydrogen) atoms. The lowest BCUT2D eigenvalue weighted by Crippen LogP contribution is -2.72. The van der Waals surface area contributed by atoms with Gasteiger partial charge in [0.25, 0.3) is 0 Å². The molecule has 21 atom stereocenters. The zero-order chi connectivity index (χ0) is 39.9. The Labute approximate surface area is 326 Å². The highest BCUT2D eigenvalue weighted by Crippen LogP contribution is 2.80. The molecule has 3 heterocycles. The van der Waals surface area contributed by atoms with Crippen molar-refractivity contribution in [1.82, 2.24) is 0 Å². The van der Waals surface area contributed by atoms with Crippen LogP contribution in [0.15, 0.2) is 12.2 Å². The summed E-state index contributed by atoms with van der Waals surface area (Å²) in [6.45, 7) is 18.8. The number of rotatable bonds is 6. The summed E-state index contributed by atoms with van der Waals surface area (Å²) in [4.78, 5) is 0. The van der Waals surface area contributed by atoms with Gasteiger partial charge in [0.2, 0.25) is 0 Å². The van der Waals surface area contributed by atoms with Gasteiger partial charge in [-0.15, -0.1) is 0 Å². The number of allylic oxidation sites excluding steroid dienone is 1. The third-order valence-electron chi connectivity index (χ3n) is 18.4. The first-order valence-electron chi connectivity index (χ1n) is 21.3. The number of aliphatic hydroxyl groups is 7. The van der Waals surface area contributed by atoms with Gasteiger partial charge in [-0.25, -0.2) is 0 Å². The predicted octanol–water partition coefficient (Wildman–Crippen LogP) is 3.05. The lowest BCUT2D eigenvalue weighted by molar-refractivity contribution is -0.367. The van der Waals surface area contributed by atoms with Crippen LogP contribution in [-0.2, 0) is 23.7 Å². The summed E-state index contributed by atoms with van der Waals surface area (Å²) in [5.74, 6) is 1.45. The molecule has 12 nitrogen and oxygen atoms in total. The van der Waals surface area contributed by atoms with E-state index in [2.05, 4.69) is 60.6 Å². The van der Waals surface area contributed by atoms with Gasteiger partial charge in [-0.2, -0.15) is 0 Å². The largest absolute Gasteiger partial charge is 0.396 e. The number of hydrogen-bond donors (Lipinski definition) is 7. The highest BCUT2D eigenvalue weighted by atomic mass is 16.7. The molecule has 8 rings (SSSR count). The minimum Gasteiger partial charge on any atom is -0.396 e. The van der Waals surface area contributed by atoms with Crippen molar-refractivity contribution in [2.75, 3.05) is 19.8 Å². The maximum Gasteiger partial charge on any atom is 0.187 e. The Morgan fingerprint density at radius 2 is 1.44 bits per heavy atom. The molecule has 3 saturated heterocycles. The molecule has 8 aliphatic rings. The number of aliphatic hydroxyl groups excluding tert-OH is 7. The Kier molecular flexibility index (Phi) is 9.98. The van der Waals surface area contributed by atoms with Gasteiger partial charge in [0.05, 0.1) is 37.6 Å². The van der Waals surface area contributed by atoms with Gasteiger partial charge in [-0.3, -0.25) is 0 Å². The summed E-state index contributed by atoms with van der Waals surface area (Å²) in [5, 5.41) is 75.0. The van der Waals surface area contributed by atoms with E-state index in [1.54, 1.807) is 6.92 Å². The molecule has 12 heteroatoms. The van der Waals surface area contributed by atoms with Crippen LogP contribution < -0.4 is 0 Å². The van der Waals surface area contributed by atoms with E-state index in [1.165, 1.54) is 19.3 Å². The van der Waals surface area contributed by atoms with E-state index in [-0.39, 0.29) is 45.7 Å². The second kappa shape index (κ2) is 13.4. The Morgan fingerprint density at radius 1 is 0.727 bits per heavy atom. The molecule has 0 radical (unpaired) electrons. The standard InChI is InChI=1S/C43H70O12/c1-22-17-41(8)40(7)13-9-25-38(5,26(40)10-14-43(41)27-18-37(3,4)15-16-42(22,27)21-51-43)12-11-28(39(25,6)20-45)54-36-33(50)34(29(46)23(2)52-36)55-35-32(49)31(48)30(47)24(19-44)53-35/h10,14,22-36,44-50H,9,11-13,15-21H2,1-8H3/t22-,23-,24?,25-,26-,27-,28+,29+,30-,31-,32?,33-,34+,35+,36+,38+,39+,40-,41+,42+,43+/m1/s1. The lowest BCUT2D eigenvalue weighted by Gasteiger charge is -2.73. The molecule has 1 spiro atoms. The van der Waals surface area contributed by atoms with Crippen molar-refractivity contribution in [3.05, 3.63) is 12.2 Å². The normalized spacial score (nSPS) is 59.7. The predicted molar refractivity (Wildman–Crippen MR) is 200 cm³/mol. The summed E-state index contributed by atoms with van der Waals surface area (Å²) in [7, 11) is 0. The molecule has 3 aliphatic heterocycles. The Balaban J connectivity index is 1.05. The summed E-state index contributed by atoms with van der Waals surface area (Å²) in [6.07, 6.45) is -1.24. The maximum atomic E-state index is 11.6. The summed E-state index contributed by atoms with van der Waals surface area (Å²) < 4.78 is 31.5. The van der Waals surface area contributed by atoms with Gasteiger partial charge < -0.3 is 59.4 Å². The second-order valence-corrected chi connectivity index (χ2v) is 21.3. The van der Waals surface area contributed by atoms with Gasteiger partial charge in [0.15, 0.2) is 12.6 Å². The zero-order valence-electron chi connectivity index (χ0n) is 34.3. The van der Waals surface area contributed by atoms with E-state index in [0.717, 1.165) is 32.3 Å². The molecular formula is C43H70O12. The maximum absolute atomic E-state index is 11.6. The second-order valence-electron chi connectivity index (χ2n) is 21.3. The van der Waals surface area contributed by atoms with Crippen LogP contribution in [0, 0.1) is 56.2 Å². The molecule has 5 aliphatic carbocycles. The molecule has 0 aromatic carbocycles. The molecular weight excluding hydrogens is 708 g/mol. The van der Waals surface area contributed by atoms with Crippen LogP contribution in [0.3, 0.4) is 0 Å². The first kappa shape index (κ1) is 41.0. The van der Waals surface area contributed by atoms with Crippen molar-refractivity contribution in [3.63, 3.8) is 0 Å². The molecule has 4 saturated carbocycles. The molecule has 2 unspecified atom stereocenters. The number of ether oxygens (including phenoxy) is 5. The third kappa shape index (κ3) is 5.45. The Morgan fingerprint density at radius 3 is 2.13 bits per heavy atom. The monoisotopic (exact) mass is 778 g/mol. The fraction of sp³-hybridized carbons (Fsp3) is 0.953. The molecule has 314 valence electrons. The van der Waals surface area contributed by atoms with E-state index in [1.807, 2.05) is 0 Å². The first-order valence-corrected chi connectivity index (χ1v) is 21.3. The van der Waals surface area contributed by atoms with Crippen LogP contribution >= 0.6 is 0 Å². The van der Waals surface area contributed by atoms with E-state index >= 15 is 0 Å².